The molecule has 2 aromatic rings. The molecule has 11 heteroatoms. The Morgan fingerprint density at radius 3 is 2.75 bits per heavy atom. The molecule has 1 atom stereocenters. The number of nitro groups is 1. The molecule has 0 saturated heterocycles. The van der Waals surface area contributed by atoms with Crippen LogP contribution in [0.3, 0.4) is 0 Å². The van der Waals surface area contributed by atoms with Gasteiger partial charge in [-0.3, -0.25) is 9.59 Å². The summed E-state index contributed by atoms with van der Waals surface area (Å²) in [6.07, 6.45) is 3.66. The van der Waals surface area contributed by atoms with Gasteiger partial charge < -0.3 is 21.2 Å². The Bertz CT molecular complexity index is 942. The maximum absolute atomic E-state index is 12.4. The van der Waals surface area contributed by atoms with E-state index in [0.29, 0.717) is 16.5 Å². The van der Waals surface area contributed by atoms with Crippen LogP contribution in [0.25, 0.3) is 0 Å². The fraction of sp³-hybridized carbons (Fsp3) is 0.529. The predicted octanol–water partition coefficient (Wildman–Crippen LogP) is 2.14. The Labute approximate surface area is 165 Å². The molecule has 2 amide bonds. The SMILES string of the molecule is CC(C)(C)[C@@H]1CCc2c(sc(NC(=O)Cn3cnc([N+](=O)[O-])n3)c2C(N)=O)C1. The molecule has 0 aromatic carbocycles. The van der Waals surface area contributed by atoms with E-state index in [4.69, 9.17) is 5.73 Å². The number of primary amides is 1. The minimum atomic E-state index is -0.738. The summed E-state index contributed by atoms with van der Waals surface area (Å²) >= 11 is 1.37. The molecule has 0 bridgehead atoms. The molecule has 10 nitrogen and oxygen atoms in total. The van der Waals surface area contributed by atoms with E-state index in [1.165, 1.54) is 11.3 Å². The maximum atomic E-state index is 12.4. The van der Waals surface area contributed by atoms with Gasteiger partial charge in [-0.2, -0.15) is 4.68 Å². The van der Waals surface area contributed by atoms with Gasteiger partial charge in [0.2, 0.25) is 12.2 Å². The van der Waals surface area contributed by atoms with E-state index in [1.54, 1.807) is 0 Å². The zero-order valence-electron chi connectivity index (χ0n) is 15.9. The molecule has 2 heterocycles. The Balaban J connectivity index is 1.80. The Hall–Kier alpha value is -2.82. The number of fused-ring (bicyclic) bond motifs is 1. The molecule has 0 unspecified atom stereocenters. The average molecular weight is 406 g/mol. The molecule has 1 aliphatic rings. The van der Waals surface area contributed by atoms with Gasteiger partial charge in [-0.1, -0.05) is 25.8 Å². The largest absolute Gasteiger partial charge is 0.490 e. The van der Waals surface area contributed by atoms with Crippen molar-refractivity contribution < 1.29 is 14.5 Å². The highest BCUT2D eigenvalue weighted by Crippen LogP contribution is 2.44. The fourth-order valence-corrected chi connectivity index (χ4v) is 4.78. The first-order chi connectivity index (χ1) is 13.1. The van der Waals surface area contributed by atoms with Crippen molar-refractivity contribution in [2.75, 3.05) is 5.32 Å². The quantitative estimate of drug-likeness (QED) is 0.574. The van der Waals surface area contributed by atoms with Gasteiger partial charge in [0.15, 0.2) is 0 Å². The number of amides is 2. The minimum Gasteiger partial charge on any atom is -0.390 e. The van der Waals surface area contributed by atoms with Crippen molar-refractivity contribution in [2.45, 2.75) is 46.6 Å². The van der Waals surface area contributed by atoms with E-state index in [2.05, 4.69) is 36.2 Å². The second kappa shape index (κ2) is 7.30. The van der Waals surface area contributed by atoms with Crippen LogP contribution in [-0.4, -0.2) is 31.5 Å². The molecular formula is C17H22N6O4S. The molecular weight excluding hydrogens is 384 g/mol. The molecule has 0 radical (unpaired) electrons. The van der Waals surface area contributed by atoms with Crippen molar-refractivity contribution in [3.63, 3.8) is 0 Å². The summed E-state index contributed by atoms with van der Waals surface area (Å²) in [4.78, 5) is 38.9. The van der Waals surface area contributed by atoms with Crippen LogP contribution in [-0.2, 0) is 24.2 Å². The second-order valence-corrected chi connectivity index (χ2v) is 9.03. The van der Waals surface area contributed by atoms with Crippen LogP contribution in [0.15, 0.2) is 6.33 Å². The van der Waals surface area contributed by atoms with E-state index in [9.17, 15) is 19.7 Å². The number of carbonyl (C=O) groups excluding carboxylic acids is 2. The van der Waals surface area contributed by atoms with Crippen molar-refractivity contribution in [3.05, 3.63) is 32.4 Å². The van der Waals surface area contributed by atoms with E-state index in [1.807, 2.05) is 0 Å². The summed E-state index contributed by atoms with van der Waals surface area (Å²) in [7, 11) is 0. The molecule has 0 spiro atoms. The van der Waals surface area contributed by atoms with Crippen LogP contribution in [0.5, 0.6) is 0 Å². The third-order valence-corrected chi connectivity index (χ3v) is 6.15. The predicted molar refractivity (Wildman–Crippen MR) is 103 cm³/mol. The lowest BCUT2D eigenvalue weighted by atomic mass is 9.72. The summed E-state index contributed by atoms with van der Waals surface area (Å²) in [5.74, 6) is -1.13. The highest BCUT2D eigenvalue weighted by Gasteiger charge is 2.33. The van der Waals surface area contributed by atoms with E-state index in [-0.39, 0.29) is 12.0 Å². The highest BCUT2D eigenvalue weighted by atomic mass is 32.1. The summed E-state index contributed by atoms with van der Waals surface area (Å²) in [5.41, 5.74) is 7.02. The topological polar surface area (TPSA) is 146 Å². The number of hydrogen-bond donors (Lipinski definition) is 2. The normalized spacial score (nSPS) is 16.5. The number of nitrogens with two attached hydrogens (primary N) is 1. The number of thiophene rings is 1. The molecule has 1 aliphatic carbocycles. The first-order valence-corrected chi connectivity index (χ1v) is 9.66. The van der Waals surface area contributed by atoms with E-state index in [0.717, 1.165) is 40.7 Å². The third kappa shape index (κ3) is 4.03. The number of aromatic nitrogens is 3. The molecule has 3 rings (SSSR count). The number of nitrogens with zero attached hydrogens (tertiary/aromatic N) is 4. The Morgan fingerprint density at radius 1 is 1.46 bits per heavy atom. The first kappa shape index (κ1) is 19.9. The second-order valence-electron chi connectivity index (χ2n) is 7.93. The molecule has 3 N–H and O–H groups in total. The van der Waals surface area contributed by atoms with E-state index < -0.39 is 22.7 Å². The number of rotatable bonds is 5. The van der Waals surface area contributed by atoms with Gasteiger partial charge in [-0.25, -0.2) is 0 Å². The van der Waals surface area contributed by atoms with Gasteiger partial charge in [0.25, 0.3) is 5.91 Å². The van der Waals surface area contributed by atoms with Crippen molar-refractivity contribution >= 4 is 34.1 Å². The summed E-state index contributed by atoms with van der Waals surface area (Å²) in [5, 5.41) is 17.4. The summed E-state index contributed by atoms with van der Waals surface area (Å²) < 4.78 is 1.07. The summed E-state index contributed by atoms with van der Waals surface area (Å²) in [6, 6.07) is 0. The molecule has 0 saturated carbocycles. The van der Waals surface area contributed by atoms with Crippen molar-refractivity contribution in [1.82, 2.24) is 14.8 Å². The van der Waals surface area contributed by atoms with Gasteiger partial charge in [0, 0.05) is 9.98 Å². The van der Waals surface area contributed by atoms with Gasteiger partial charge in [-0.15, -0.1) is 11.3 Å². The van der Waals surface area contributed by atoms with Crippen molar-refractivity contribution in [2.24, 2.45) is 17.1 Å². The van der Waals surface area contributed by atoms with Gasteiger partial charge in [0.05, 0.1) is 5.56 Å². The van der Waals surface area contributed by atoms with Crippen molar-refractivity contribution in [1.29, 1.82) is 0 Å². The molecule has 150 valence electrons. The third-order valence-electron chi connectivity index (χ3n) is 4.98. The molecule has 28 heavy (non-hydrogen) atoms. The van der Waals surface area contributed by atoms with Crippen LogP contribution >= 0.6 is 11.3 Å². The van der Waals surface area contributed by atoms with Gasteiger partial charge >= 0.3 is 5.95 Å². The minimum absolute atomic E-state index is 0.153. The lowest BCUT2D eigenvalue weighted by molar-refractivity contribution is -0.394. The fourth-order valence-electron chi connectivity index (χ4n) is 3.43. The number of anilines is 1. The lowest BCUT2D eigenvalue weighted by Gasteiger charge is -2.33. The molecule has 0 aliphatic heterocycles. The molecule has 0 fully saturated rings. The monoisotopic (exact) mass is 406 g/mol. The van der Waals surface area contributed by atoms with Crippen LogP contribution in [0.2, 0.25) is 0 Å². The van der Waals surface area contributed by atoms with Crippen molar-refractivity contribution in [3.8, 4) is 0 Å². The van der Waals surface area contributed by atoms with Gasteiger partial charge in [-0.05, 0) is 41.1 Å². The highest BCUT2D eigenvalue weighted by molar-refractivity contribution is 7.17. The zero-order chi connectivity index (χ0) is 20.6. The standard InChI is InChI=1S/C17H22N6O4S/c1-17(2,3)9-4-5-10-11(6-9)28-15(13(10)14(18)25)20-12(24)7-22-8-19-16(21-22)23(26)27/h8-9H,4-7H2,1-3H3,(H2,18,25)(H,20,24)/t9-/m1/s1. The van der Waals surface area contributed by atoms with Gasteiger partial charge in [0.1, 0.15) is 11.5 Å². The van der Waals surface area contributed by atoms with Crippen LogP contribution < -0.4 is 11.1 Å². The number of nitrogens with one attached hydrogen (secondary N) is 1. The summed E-state index contributed by atoms with van der Waals surface area (Å²) in [6.45, 7) is 6.34. The maximum Gasteiger partial charge on any atom is 0.490 e. The number of carbonyl (C=O) groups is 2. The lowest BCUT2D eigenvalue weighted by Crippen LogP contribution is -2.27. The first-order valence-electron chi connectivity index (χ1n) is 8.84. The Morgan fingerprint density at radius 2 is 2.18 bits per heavy atom. The molecule has 2 aromatic heterocycles. The smallest absolute Gasteiger partial charge is 0.390 e. The number of hydrogen-bond acceptors (Lipinski definition) is 7. The van der Waals surface area contributed by atoms with Crippen LogP contribution in [0, 0.1) is 21.4 Å². The van der Waals surface area contributed by atoms with Crippen LogP contribution in [0.1, 0.15) is 48.0 Å². The van der Waals surface area contributed by atoms with Crippen LogP contribution in [0.4, 0.5) is 10.9 Å². The average Bonchev–Trinajstić information content (AvgIpc) is 3.17. The zero-order valence-corrected chi connectivity index (χ0v) is 16.7. The Kier molecular flexibility index (Phi) is 5.20. The van der Waals surface area contributed by atoms with E-state index >= 15 is 0 Å².